The third-order valence-electron chi connectivity index (χ3n) is 2.76. The molecule has 0 fully saturated rings. The molecule has 3 aromatic rings. The van der Waals surface area contributed by atoms with Gasteiger partial charge in [0, 0.05) is 12.6 Å². The van der Waals surface area contributed by atoms with Crippen LogP contribution in [0.5, 0.6) is 0 Å². The van der Waals surface area contributed by atoms with Crippen LogP contribution >= 0.6 is 11.3 Å². The van der Waals surface area contributed by atoms with E-state index in [2.05, 4.69) is 20.4 Å². The molecule has 0 bridgehead atoms. The van der Waals surface area contributed by atoms with Crippen LogP contribution in [0.25, 0.3) is 4.96 Å². The van der Waals surface area contributed by atoms with Crippen molar-refractivity contribution in [3.8, 4) is 0 Å². The van der Waals surface area contributed by atoms with Gasteiger partial charge in [-0.25, -0.2) is 9.67 Å². The number of hydrogen-bond donors (Lipinski definition) is 1. The molecule has 2 N–H and O–H groups in total. The van der Waals surface area contributed by atoms with Crippen LogP contribution in [0.3, 0.4) is 0 Å². The number of aromatic nitrogens is 6. The summed E-state index contributed by atoms with van der Waals surface area (Å²) < 4.78 is 2.95. The van der Waals surface area contributed by atoms with Crippen molar-refractivity contribution in [1.82, 2.24) is 29.6 Å². The van der Waals surface area contributed by atoms with Crippen LogP contribution in [0.1, 0.15) is 23.3 Å². The minimum Gasteiger partial charge on any atom is -0.325 e. The third kappa shape index (κ3) is 2.32. The van der Waals surface area contributed by atoms with Crippen molar-refractivity contribution >= 4 is 16.3 Å². The van der Waals surface area contributed by atoms with Gasteiger partial charge < -0.3 is 5.73 Å². The lowest BCUT2D eigenvalue weighted by molar-refractivity contribution is 0.636. The standard InChI is InChI=1S/C11H13N7OS/c1-2-9-15-18-10(19)3-7(13-11(18)20-9)5-17-6-8(4-12)14-16-17/h3,6H,2,4-5,12H2,1H3. The summed E-state index contributed by atoms with van der Waals surface area (Å²) in [6.07, 6.45) is 2.53. The Balaban J connectivity index is 1.97. The summed E-state index contributed by atoms with van der Waals surface area (Å²) in [5.41, 5.74) is 6.64. The molecule has 0 saturated heterocycles. The molecule has 104 valence electrons. The first kappa shape index (κ1) is 12.9. The molecule has 3 rings (SSSR count). The molecule has 3 aromatic heterocycles. The van der Waals surface area contributed by atoms with E-state index in [1.165, 1.54) is 21.9 Å². The van der Waals surface area contributed by atoms with Gasteiger partial charge in [0.25, 0.3) is 5.56 Å². The molecule has 0 spiro atoms. The van der Waals surface area contributed by atoms with Crippen LogP contribution < -0.4 is 11.3 Å². The molecule has 0 amide bonds. The molecule has 8 nitrogen and oxygen atoms in total. The molecule has 20 heavy (non-hydrogen) atoms. The summed E-state index contributed by atoms with van der Waals surface area (Å²) in [6.45, 7) is 2.72. The van der Waals surface area contributed by atoms with Crippen LogP contribution in [0.15, 0.2) is 17.1 Å². The first-order chi connectivity index (χ1) is 9.69. The molecule has 0 saturated carbocycles. The Hall–Kier alpha value is -2.13. The summed E-state index contributed by atoms with van der Waals surface area (Å²) in [5.74, 6) is 0. The lowest BCUT2D eigenvalue weighted by atomic mass is 10.4. The lowest BCUT2D eigenvalue weighted by Crippen LogP contribution is -2.17. The van der Waals surface area contributed by atoms with Gasteiger partial charge in [0.1, 0.15) is 5.01 Å². The first-order valence-electron chi connectivity index (χ1n) is 6.17. The fourth-order valence-corrected chi connectivity index (χ4v) is 2.65. The van der Waals surface area contributed by atoms with E-state index in [1.807, 2.05) is 6.92 Å². The SMILES string of the molecule is CCc1nn2c(=O)cc(Cn3cc(CN)nn3)nc2s1. The van der Waals surface area contributed by atoms with Gasteiger partial charge in [-0.2, -0.15) is 9.61 Å². The van der Waals surface area contributed by atoms with Crippen molar-refractivity contribution in [2.75, 3.05) is 0 Å². The van der Waals surface area contributed by atoms with Gasteiger partial charge in [0.2, 0.25) is 4.96 Å². The normalized spacial score (nSPS) is 11.3. The molecular formula is C11H13N7OS. The summed E-state index contributed by atoms with van der Waals surface area (Å²) in [5, 5.41) is 12.9. The van der Waals surface area contributed by atoms with E-state index >= 15 is 0 Å². The number of fused-ring (bicyclic) bond motifs is 1. The summed E-state index contributed by atoms with van der Waals surface area (Å²) in [6, 6.07) is 1.47. The van der Waals surface area contributed by atoms with E-state index in [1.54, 1.807) is 10.9 Å². The van der Waals surface area contributed by atoms with E-state index < -0.39 is 0 Å². The maximum absolute atomic E-state index is 12.0. The van der Waals surface area contributed by atoms with Gasteiger partial charge in [0.15, 0.2) is 0 Å². The number of hydrogen-bond acceptors (Lipinski definition) is 7. The number of nitrogens with zero attached hydrogens (tertiary/aromatic N) is 6. The smallest absolute Gasteiger partial charge is 0.275 e. The Morgan fingerprint density at radius 1 is 1.40 bits per heavy atom. The van der Waals surface area contributed by atoms with E-state index in [0.29, 0.717) is 29.4 Å². The summed E-state index contributed by atoms with van der Waals surface area (Å²) in [4.78, 5) is 17.0. The zero-order chi connectivity index (χ0) is 14.1. The predicted octanol–water partition coefficient (Wildman–Crippen LogP) is -0.188. The Labute approximate surface area is 117 Å². The molecule has 9 heteroatoms. The molecule has 0 aliphatic rings. The number of rotatable bonds is 4. The number of aryl methyl sites for hydroxylation is 1. The van der Waals surface area contributed by atoms with Crippen LogP contribution in [-0.2, 0) is 19.5 Å². The van der Waals surface area contributed by atoms with Crippen molar-refractivity contribution in [3.63, 3.8) is 0 Å². The second-order valence-electron chi connectivity index (χ2n) is 4.24. The maximum atomic E-state index is 12.0. The molecule has 0 aromatic carbocycles. The summed E-state index contributed by atoms with van der Waals surface area (Å²) >= 11 is 1.42. The van der Waals surface area contributed by atoms with E-state index in [9.17, 15) is 4.79 Å². The van der Waals surface area contributed by atoms with Gasteiger partial charge in [-0.15, -0.1) is 5.10 Å². The van der Waals surface area contributed by atoms with E-state index in [4.69, 9.17) is 5.73 Å². The molecule has 3 heterocycles. The molecule has 0 atom stereocenters. The number of nitrogens with two attached hydrogens (primary N) is 1. The Bertz CT molecular complexity index is 803. The minimum atomic E-state index is -0.180. The fraction of sp³-hybridized carbons (Fsp3) is 0.364. The predicted molar refractivity (Wildman–Crippen MR) is 73.5 cm³/mol. The van der Waals surface area contributed by atoms with Gasteiger partial charge in [-0.3, -0.25) is 4.79 Å². The van der Waals surface area contributed by atoms with Crippen LogP contribution in [-0.4, -0.2) is 29.6 Å². The van der Waals surface area contributed by atoms with Crippen molar-refractivity contribution in [2.24, 2.45) is 5.73 Å². The lowest BCUT2D eigenvalue weighted by Gasteiger charge is -1.99. The van der Waals surface area contributed by atoms with E-state index in [0.717, 1.165) is 11.4 Å². The summed E-state index contributed by atoms with van der Waals surface area (Å²) in [7, 11) is 0. The van der Waals surface area contributed by atoms with Crippen molar-refractivity contribution in [3.05, 3.63) is 39.0 Å². The van der Waals surface area contributed by atoms with Gasteiger partial charge >= 0.3 is 0 Å². The highest BCUT2D eigenvalue weighted by Gasteiger charge is 2.09. The Morgan fingerprint density at radius 2 is 2.25 bits per heavy atom. The molecule has 0 unspecified atom stereocenters. The first-order valence-corrected chi connectivity index (χ1v) is 6.99. The topological polar surface area (TPSA) is 104 Å². The molecule has 0 aliphatic carbocycles. The largest absolute Gasteiger partial charge is 0.325 e. The zero-order valence-corrected chi connectivity index (χ0v) is 11.7. The Morgan fingerprint density at radius 3 is 2.95 bits per heavy atom. The Kier molecular flexibility index (Phi) is 3.28. The minimum absolute atomic E-state index is 0.180. The van der Waals surface area contributed by atoms with E-state index in [-0.39, 0.29) is 5.56 Å². The van der Waals surface area contributed by atoms with Crippen LogP contribution in [0.4, 0.5) is 0 Å². The molecule has 0 aliphatic heterocycles. The maximum Gasteiger partial charge on any atom is 0.275 e. The molecule has 0 radical (unpaired) electrons. The second-order valence-corrected chi connectivity index (χ2v) is 5.28. The van der Waals surface area contributed by atoms with Crippen LogP contribution in [0, 0.1) is 0 Å². The third-order valence-corrected chi connectivity index (χ3v) is 3.81. The highest BCUT2D eigenvalue weighted by atomic mass is 32.1. The van der Waals surface area contributed by atoms with Crippen molar-refractivity contribution < 1.29 is 0 Å². The van der Waals surface area contributed by atoms with Crippen molar-refractivity contribution in [1.29, 1.82) is 0 Å². The highest BCUT2D eigenvalue weighted by Crippen LogP contribution is 2.12. The van der Waals surface area contributed by atoms with Crippen molar-refractivity contribution in [2.45, 2.75) is 26.4 Å². The quantitative estimate of drug-likeness (QED) is 0.714. The van der Waals surface area contributed by atoms with Crippen LogP contribution in [0.2, 0.25) is 0 Å². The zero-order valence-electron chi connectivity index (χ0n) is 10.9. The molecular weight excluding hydrogens is 278 g/mol. The highest BCUT2D eigenvalue weighted by molar-refractivity contribution is 7.16. The average molecular weight is 291 g/mol. The average Bonchev–Trinajstić information content (AvgIpc) is 3.05. The van der Waals surface area contributed by atoms with Gasteiger partial charge in [-0.05, 0) is 6.42 Å². The second kappa shape index (κ2) is 5.10. The fourth-order valence-electron chi connectivity index (χ4n) is 1.80. The monoisotopic (exact) mass is 291 g/mol. The van der Waals surface area contributed by atoms with Gasteiger partial charge in [-0.1, -0.05) is 23.5 Å². The van der Waals surface area contributed by atoms with Gasteiger partial charge in [0.05, 0.1) is 24.1 Å².